The first-order valence-corrected chi connectivity index (χ1v) is 13.8. The molecule has 1 saturated heterocycles. The highest BCUT2D eigenvalue weighted by molar-refractivity contribution is 7.80. The molecule has 202 valence electrons. The highest BCUT2D eigenvalue weighted by atomic mass is 32.1. The molecular formula is C30H33FN6OS. The molecule has 0 amide bonds. The lowest BCUT2D eigenvalue weighted by atomic mass is 10.0. The van der Waals surface area contributed by atoms with Crippen LogP contribution in [0.3, 0.4) is 0 Å². The Balaban J connectivity index is 1.32. The van der Waals surface area contributed by atoms with Crippen LogP contribution < -0.4 is 10.2 Å². The van der Waals surface area contributed by atoms with Gasteiger partial charge in [-0.15, -0.1) is 10.2 Å². The molecule has 0 aliphatic carbocycles. The number of piperazine rings is 1. The van der Waals surface area contributed by atoms with Crippen LogP contribution in [0.1, 0.15) is 25.0 Å². The van der Waals surface area contributed by atoms with Gasteiger partial charge in [0.1, 0.15) is 5.82 Å². The second kappa shape index (κ2) is 11.9. The van der Waals surface area contributed by atoms with E-state index in [9.17, 15) is 9.50 Å². The molecule has 4 aromatic rings. The van der Waals surface area contributed by atoms with E-state index in [2.05, 4.69) is 57.4 Å². The van der Waals surface area contributed by atoms with E-state index in [0.717, 1.165) is 61.3 Å². The van der Waals surface area contributed by atoms with E-state index in [-0.39, 0.29) is 16.8 Å². The topological polar surface area (TPSA) is 68.4 Å². The van der Waals surface area contributed by atoms with Crippen molar-refractivity contribution in [1.29, 1.82) is 0 Å². The van der Waals surface area contributed by atoms with E-state index in [1.54, 1.807) is 0 Å². The van der Waals surface area contributed by atoms with Crippen molar-refractivity contribution in [3.05, 3.63) is 83.7 Å². The van der Waals surface area contributed by atoms with Gasteiger partial charge in [-0.1, -0.05) is 50.2 Å². The van der Waals surface area contributed by atoms with E-state index < -0.39 is 0 Å². The van der Waals surface area contributed by atoms with Crippen LogP contribution in [0.25, 0.3) is 10.9 Å². The summed E-state index contributed by atoms with van der Waals surface area (Å²) in [4.78, 5) is 4.53. The lowest BCUT2D eigenvalue weighted by Gasteiger charge is -2.36. The number of aromatic hydroxyl groups is 1. The number of thiocarbonyl (C=S) groups is 1. The lowest BCUT2D eigenvalue weighted by Crippen LogP contribution is -2.46. The van der Waals surface area contributed by atoms with Crippen molar-refractivity contribution >= 4 is 45.3 Å². The second-order valence-electron chi connectivity index (χ2n) is 9.63. The van der Waals surface area contributed by atoms with Gasteiger partial charge in [0.25, 0.3) is 0 Å². The molecule has 0 atom stereocenters. The molecule has 0 unspecified atom stereocenters. The molecule has 1 aliphatic heterocycles. The van der Waals surface area contributed by atoms with Crippen molar-refractivity contribution in [3.63, 3.8) is 0 Å². The van der Waals surface area contributed by atoms with Gasteiger partial charge in [-0.25, -0.2) is 4.39 Å². The Morgan fingerprint density at radius 3 is 2.26 bits per heavy atom. The Labute approximate surface area is 233 Å². The van der Waals surface area contributed by atoms with Gasteiger partial charge < -0.3 is 15.3 Å². The number of rotatable bonds is 7. The molecule has 0 spiro atoms. The van der Waals surface area contributed by atoms with Gasteiger partial charge in [0, 0.05) is 42.9 Å². The number of hydrogen-bond acceptors (Lipinski definition) is 5. The number of halogens is 1. The monoisotopic (exact) mass is 544 g/mol. The third-order valence-electron chi connectivity index (χ3n) is 7.29. The van der Waals surface area contributed by atoms with Crippen LogP contribution >= 0.6 is 12.2 Å². The van der Waals surface area contributed by atoms with Crippen molar-refractivity contribution in [2.75, 3.05) is 36.4 Å². The predicted octanol–water partition coefficient (Wildman–Crippen LogP) is 6.87. The quantitative estimate of drug-likeness (QED) is 0.196. The van der Waals surface area contributed by atoms with Crippen LogP contribution in [0.2, 0.25) is 0 Å². The minimum atomic E-state index is -0.228. The molecular weight excluding hydrogens is 511 g/mol. The Morgan fingerprint density at radius 2 is 1.59 bits per heavy atom. The zero-order valence-electron chi connectivity index (χ0n) is 22.3. The number of aromatic nitrogens is 1. The van der Waals surface area contributed by atoms with Crippen molar-refractivity contribution in [2.45, 2.75) is 33.4 Å². The van der Waals surface area contributed by atoms with Crippen LogP contribution in [0.15, 0.2) is 77.0 Å². The first-order chi connectivity index (χ1) is 19.0. The molecule has 2 heterocycles. The number of nitrogens with zero attached hydrogens (tertiary/aromatic N) is 5. The molecule has 1 aromatic heterocycles. The summed E-state index contributed by atoms with van der Waals surface area (Å²) in [5, 5.41) is 24.3. The number of aryl methyl sites for hydroxylation is 2. The van der Waals surface area contributed by atoms with E-state index in [1.807, 2.05) is 41.0 Å². The maximum absolute atomic E-state index is 13.3. The first kappa shape index (κ1) is 26.8. The molecule has 3 aromatic carbocycles. The van der Waals surface area contributed by atoms with Gasteiger partial charge in [-0.05, 0) is 66.5 Å². The summed E-state index contributed by atoms with van der Waals surface area (Å²) in [6.07, 6.45) is 1.75. The molecule has 1 aliphatic rings. The lowest BCUT2D eigenvalue weighted by molar-refractivity contribution is 0.200. The molecule has 1 fully saturated rings. The van der Waals surface area contributed by atoms with E-state index in [0.29, 0.717) is 12.4 Å². The molecule has 7 nitrogen and oxygen atoms in total. The summed E-state index contributed by atoms with van der Waals surface area (Å²) < 4.78 is 15.2. The minimum absolute atomic E-state index is 0.0620. The fraction of sp³-hybridized carbons (Fsp3) is 0.300. The smallest absolute Gasteiger partial charge is 0.221 e. The molecule has 0 radical (unpaired) electrons. The van der Waals surface area contributed by atoms with E-state index in [4.69, 9.17) is 12.2 Å². The standard InChI is InChI=1S/C30H33FN6OS/c1-3-21-8-7-9-22(4-2)27(21)32-30(39)34-33-28-25-10-5-6-11-26(25)37(29(28)38)20-35-16-18-36(19-17-35)24-14-12-23(31)13-15-24/h5-15,38H,3-4,16-20H2,1-2H3,(H,32,39). The van der Waals surface area contributed by atoms with Crippen molar-refractivity contribution in [3.8, 4) is 5.88 Å². The van der Waals surface area contributed by atoms with Crippen molar-refractivity contribution < 1.29 is 9.50 Å². The Kier molecular flexibility index (Phi) is 8.18. The summed E-state index contributed by atoms with van der Waals surface area (Å²) >= 11 is 5.52. The average molecular weight is 545 g/mol. The number of azo groups is 1. The highest BCUT2D eigenvalue weighted by Gasteiger charge is 2.22. The Morgan fingerprint density at radius 1 is 0.923 bits per heavy atom. The number of nitrogens with one attached hydrogen (secondary N) is 1. The maximum Gasteiger partial charge on any atom is 0.221 e. The summed E-state index contributed by atoms with van der Waals surface area (Å²) in [6.45, 7) is 8.00. The van der Waals surface area contributed by atoms with E-state index >= 15 is 0 Å². The first-order valence-electron chi connectivity index (χ1n) is 13.3. The largest absolute Gasteiger partial charge is 0.493 e. The van der Waals surface area contributed by atoms with Crippen LogP contribution in [0, 0.1) is 5.82 Å². The molecule has 0 saturated carbocycles. The molecule has 39 heavy (non-hydrogen) atoms. The predicted molar refractivity (Wildman–Crippen MR) is 160 cm³/mol. The van der Waals surface area contributed by atoms with E-state index in [1.165, 1.54) is 23.3 Å². The number of fused-ring (bicyclic) bond motifs is 1. The zero-order chi connectivity index (χ0) is 27.4. The summed E-state index contributed by atoms with van der Waals surface area (Å²) in [5.74, 6) is -0.166. The summed E-state index contributed by atoms with van der Waals surface area (Å²) in [5.41, 5.74) is 5.63. The zero-order valence-corrected chi connectivity index (χ0v) is 23.1. The van der Waals surface area contributed by atoms with Gasteiger partial charge in [-0.2, -0.15) is 0 Å². The van der Waals surface area contributed by atoms with Crippen molar-refractivity contribution in [1.82, 2.24) is 9.47 Å². The third kappa shape index (κ3) is 5.79. The highest BCUT2D eigenvalue weighted by Crippen LogP contribution is 2.39. The third-order valence-corrected chi connectivity index (χ3v) is 7.48. The van der Waals surface area contributed by atoms with Gasteiger partial charge in [0.15, 0.2) is 5.69 Å². The van der Waals surface area contributed by atoms with Crippen LogP contribution in [0.4, 0.5) is 21.5 Å². The number of para-hydroxylation sites is 2. The summed E-state index contributed by atoms with van der Waals surface area (Å²) in [7, 11) is 0. The SMILES string of the molecule is CCc1cccc(CC)c1NC(=S)N=Nc1c(O)n(CN2CCN(c3ccc(F)cc3)CC2)c2ccccc12. The van der Waals surface area contributed by atoms with Gasteiger partial charge in [0.05, 0.1) is 12.2 Å². The second-order valence-corrected chi connectivity index (χ2v) is 10.0. The minimum Gasteiger partial charge on any atom is -0.493 e. The number of benzene rings is 3. The van der Waals surface area contributed by atoms with Crippen LogP contribution in [-0.4, -0.2) is 45.9 Å². The fourth-order valence-corrected chi connectivity index (χ4v) is 5.29. The van der Waals surface area contributed by atoms with Gasteiger partial charge >= 0.3 is 0 Å². The normalized spacial score (nSPS) is 14.4. The molecule has 9 heteroatoms. The molecule has 2 N–H and O–H groups in total. The van der Waals surface area contributed by atoms with Crippen molar-refractivity contribution in [2.24, 2.45) is 10.2 Å². The number of hydrogen-bond donors (Lipinski definition) is 2. The number of anilines is 2. The Bertz CT molecular complexity index is 1470. The molecule has 5 rings (SSSR count). The average Bonchev–Trinajstić information content (AvgIpc) is 3.23. The van der Waals surface area contributed by atoms with Crippen LogP contribution in [0.5, 0.6) is 5.88 Å². The van der Waals surface area contributed by atoms with Gasteiger partial charge in [-0.3, -0.25) is 9.47 Å². The van der Waals surface area contributed by atoms with Crippen LogP contribution in [-0.2, 0) is 19.5 Å². The molecule has 0 bridgehead atoms. The maximum atomic E-state index is 13.3. The Hall–Kier alpha value is -3.82. The summed E-state index contributed by atoms with van der Waals surface area (Å²) in [6, 6.07) is 20.6. The van der Waals surface area contributed by atoms with Gasteiger partial charge in [0.2, 0.25) is 11.0 Å². The fourth-order valence-electron chi connectivity index (χ4n) is 5.14.